The summed E-state index contributed by atoms with van der Waals surface area (Å²) >= 11 is 0. The minimum absolute atomic E-state index is 0.300. The molecule has 0 spiro atoms. The third-order valence-corrected chi connectivity index (χ3v) is 9.12. The van der Waals surface area contributed by atoms with Gasteiger partial charge in [0.25, 0.3) is 0 Å². The van der Waals surface area contributed by atoms with Gasteiger partial charge in [-0.15, -0.1) is 0 Å². The van der Waals surface area contributed by atoms with Gasteiger partial charge in [0, 0.05) is 12.7 Å². The molecule has 3 heteroatoms. The van der Waals surface area contributed by atoms with Gasteiger partial charge in [0.15, 0.2) is 8.32 Å². The van der Waals surface area contributed by atoms with Crippen LogP contribution >= 0.6 is 0 Å². The van der Waals surface area contributed by atoms with E-state index >= 15 is 0 Å². The molecule has 0 bridgehead atoms. The van der Waals surface area contributed by atoms with E-state index in [4.69, 9.17) is 9.53 Å². The van der Waals surface area contributed by atoms with E-state index in [1.807, 2.05) is 0 Å². The Morgan fingerprint density at radius 2 is 1.50 bits per heavy atom. The second kappa shape index (κ2) is 9.96. The average molecular weight is 303 g/mol. The van der Waals surface area contributed by atoms with Crippen molar-refractivity contribution in [1.82, 2.24) is 0 Å². The van der Waals surface area contributed by atoms with Crippen LogP contribution in [0, 0.1) is 0 Å². The Morgan fingerprint density at radius 1 is 0.950 bits per heavy atom. The highest BCUT2D eigenvalue weighted by Crippen LogP contribution is 2.38. The van der Waals surface area contributed by atoms with Gasteiger partial charge in [0.2, 0.25) is 0 Å². The number of hydrogen-bond acceptors (Lipinski definition) is 2. The summed E-state index contributed by atoms with van der Waals surface area (Å²) in [5.41, 5.74) is 0. The fraction of sp³-hybridized carbons (Fsp3) is 1.00. The average Bonchev–Trinajstić information content (AvgIpc) is 2.33. The van der Waals surface area contributed by atoms with Crippen molar-refractivity contribution < 1.29 is 9.53 Å². The Labute approximate surface area is 128 Å². The quantitative estimate of drug-likeness (QED) is 0.403. The highest BCUT2D eigenvalue weighted by Gasteiger charge is 2.38. The van der Waals surface area contributed by atoms with Crippen molar-refractivity contribution in [3.63, 3.8) is 0 Å². The number of unbranched alkanes of at least 4 members (excludes halogenated alkanes) is 4. The van der Waals surface area contributed by atoms with Crippen molar-refractivity contribution in [2.75, 3.05) is 6.61 Å². The molecule has 1 atom stereocenters. The topological polar surface area (TPSA) is 29.5 Å². The molecule has 0 saturated carbocycles. The van der Waals surface area contributed by atoms with Gasteiger partial charge in [-0.05, 0) is 37.4 Å². The summed E-state index contributed by atoms with van der Waals surface area (Å²) in [6, 6.07) is 0. The van der Waals surface area contributed by atoms with Crippen LogP contribution in [0.5, 0.6) is 0 Å². The first-order valence-electron chi connectivity index (χ1n) is 8.53. The van der Waals surface area contributed by atoms with Crippen LogP contribution < -0.4 is 0 Å². The molecule has 0 saturated heterocycles. The van der Waals surface area contributed by atoms with Crippen molar-refractivity contribution in [2.45, 2.75) is 103 Å². The third-order valence-electron chi connectivity index (χ3n) is 4.58. The molecule has 0 aromatic rings. The van der Waals surface area contributed by atoms with Crippen LogP contribution in [0.2, 0.25) is 18.1 Å². The summed E-state index contributed by atoms with van der Waals surface area (Å²) in [6.07, 6.45) is 9.94. The monoisotopic (exact) mass is 302 g/mol. The molecule has 0 aromatic carbocycles. The maximum atomic E-state index is 8.81. The van der Waals surface area contributed by atoms with Crippen LogP contribution in [0.4, 0.5) is 0 Å². The molecule has 0 aromatic heterocycles. The predicted molar refractivity (Wildman–Crippen MR) is 91.8 cm³/mol. The third kappa shape index (κ3) is 8.43. The molecule has 0 amide bonds. The smallest absolute Gasteiger partial charge is 0.192 e. The lowest BCUT2D eigenvalue weighted by Gasteiger charge is -2.39. The van der Waals surface area contributed by atoms with E-state index < -0.39 is 8.32 Å². The SMILES string of the molecule is CCCCC(CCCCCCO)O[Si](C)(C)C(C)(C)C. The summed E-state index contributed by atoms with van der Waals surface area (Å²) in [7, 11) is -1.63. The molecular weight excluding hydrogens is 264 g/mol. The first-order valence-corrected chi connectivity index (χ1v) is 11.4. The second-order valence-electron chi connectivity index (χ2n) is 7.57. The van der Waals surface area contributed by atoms with Gasteiger partial charge in [-0.3, -0.25) is 0 Å². The normalized spacial score (nSPS) is 14.6. The minimum Gasteiger partial charge on any atom is -0.414 e. The molecule has 1 unspecified atom stereocenters. The van der Waals surface area contributed by atoms with Gasteiger partial charge >= 0.3 is 0 Å². The van der Waals surface area contributed by atoms with Crippen LogP contribution in [-0.2, 0) is 4.43 Å². The Bertz CT molecular complexity index is 234. The molecule has 2 nitrogen and oxygen atoms in total. The molecule has 0 fully saturated rings. The van der Waals surface area contributed by atoms with E-state index in [1.165, 1.54) is 38.5 Å². The highest BCUT2D eigenvalue weighted by molar-refractivity contribution is 6.74. The molecule has 0 heterocycles. The van der Waals surface area contributed by atoms with Crippen molar-refractivity contribution in [2.24, 2.45) is 0 Å². The van der Waals surface area contributed by atoms with E-state index in [9.17, 15) is 0 Å². The lowest BCUT2D eigenvalue weighted by atomic mass is 10.0. The van der Waals surface area contributed by atoms with Gasteiger partial charge in [-0.25, -0.2) is 0 Å². The molecule has 20 heavy (non-hydrogen) atoms. The maximum Gasteiger partial charge on any atom is 0.192 e. The zero-order valence-electron chi connectivity index (χ0n) is 14.8. The fourth-order valence-electron chi connectivity index (χ4n) is 2.12. The number of hydrogen-bond donors (Lipinski definition) is 1. The van der Waals surface area contributed by atoms with Crippen LogP contribution in [0.1, 0.15) is 79.1 Å². The largest absolute Gasteiger partial charge is 0.414 e. The number of aliphatic hydroxyl groups excluding tert-OH is 1. The standard InChI is InChI=1S/C17H38O2Si/c1-7-8-13-16(14-11-9-10-12-15-18)19-20(5,6)17(2,3)4/h16,18H,7-15H2,1-6H3. The molecular formula is C17H38O2Si. The Kier molecular flexibility index (Phi) is 10.0. The molecule has 0 aliphatic heterocycles. The first-order chi connectivity index (χ1) is 9.24. The Hall–Kier alpha value is 0.137. The maximum absolute atomic E-state index is 8.81. The second-order valence-corrected chi connectivity index (χ2v) is 12.3. The van der Waals surface area contributed by atoms with Gasteiger partial charge < -0.3 is 9.53 Å². The molecule has 0 aliphatic rings. The summed E-state index contributed by atoms with van der Waals surface area (Å²) in [6.45, 7) is 14.3. The summed E-state index contributed by atoms with van der Waals surface area (Å²) in [5, 5.41) is 9.11. The van der Waals surface area contributed by atoms with E-state index in [2.05, 4.69) is 40.8 Å². The van der Waals surface area contributed by atoms with E-state index in [0.29, 0.717) is 17.7 Å². The van der Waals surface area contributed by atoms with Crippen molar-refractivity contribution in [1.29, 1.82) is 0 Å². The van der Waals surface area contributed by atoms with E-state index in [0.717, 1.165) is 12.8 Å². The lowest BCUT2D eigenvalue weighted by molar-refractivity contribution is 0.154. The molecule has 0 rings (SSSR count). The predicted octanol–water partition coefficient (Wildman–Crippen LogP) is 5.51. The lowest BCUT2D eigenvalue weighted by Crippen LogP contribution is -2.44. The zero-order chi connectivity index (χ0) is 15.6. The first kappa shape index (κ1) is 20.1. The summed E-state index contributed by atoms with van der Waals surface area (Å²) in [4.78, 5) is 0. The summed E-state index contributed by atoms with van der Waals surface area (Å²) in [5.74, 6) is 0. The molecule has 122 valence electrons. The molecule has 0 radical (unpaired) electrons. The van der Waals surface area contributed by atoms with Gasteiger partial charge in [0.05, 0.1) is 0 Å². The van der Waals surface area contributed by atoms with Gasteiger partial charge in [-0.1, -0.05) is 59.8 Å². The van der Waals surface area contributed by atoms with Crippen molar-refractivity contribution in [3.05, 3.63) is 0 Å². The van der Waals surface area contributed by atoms with E-state index in [1.54, 1.807) is 0 Å². The van der Waals surface area contributed by atoms with Gasteiger partial charge in [-0.2, -0.15) is 0 Å². The molecule has 1 N–H and O–H groups in total. The Balaban J connectivity index is 4.27. The van der Waals surface area contributed by atoms with Crippen molar-refractivity contribution >= 4 is 8.32 Å². The molecule has 0 aliphatic carbocycles. The number of rotatable bonds is 11. The highest BCUT2D eigenvalue weighted by atomic mass is 28.4. The zero-order valence-corrected chi connectivity index (χ0v) is 15.8. The van der Waals surface area contributed by atoms with Crippen LogP contribution in [0.3, 0.4) is 0 Å². The van der Waals surface area contributed by atoms with Crippen LogP contribution in [-0.4, -0.2) is 26.1 Å². The van der Waals surface area contributed by atoms with Crippen LogP contribution in [0.25, 0.3) is 0 Å². The number of aliphatic hydroxyl groups is 1. The van der Waals surface area contributed by atoms with Gasteiger partial charge in [0.1, 0.15) is 0 Å². The van der Waals surface area contributed by atoms with E-state index in [-0.39, 0.29) is 0 Å². The fourth-order valence-corrected chi connectivity index (χ4v) is 3.55. The summed E-state index contributed by atoms with van der Waals surface area (Å²) < 4.78 is 6.60. The van der Waals surface area contributed by atoms with Crippen LogP contribution in [0.15, 0.2) is 0 Å². The van der Waals surface area contributed by atoms with Crippen molar-refractivity contribution in [3.8, 4) is 0 Å². The Morgan fingerprint density at radius 3 is 2.00 bits per heavy atom. The minimum atomic E-state index is -1.63.